The average molecular weight is 166 g/mol. The van der Waals surface area contributed by atoms with E-state index in [0.717, 1.165) is 5.57 Å². The molecule has 0 aliphatic heterocycles. The molecule has 0 aromatic rings. The molecule has 0 aromatic heterocycles. The minimum absolute atomic E-state index is 0.201. The predicted octanol–water partition coefficient (Wildman–Crippen LogP) is 2.21. The van der Waals surface area contributed by atoms with Crippen molar-refractivity contribution in [2.24, 2.45) is 0 Å². The van der Waals surface area contributed by atoms with Crippen LogP contribution in [0.2, 0.25) is 0 Å². The van der Waals surface area contributed by atoms with Crippen molar-refractivity contribution in [2.45, 2.75) is 32.8 Å². The van der Waals surface area contributed by atoms with Crippen LogP contribution in [0.25, 0.3) is 0 Å². The molecule has 1 aliphatic carbocycles. The van der Waals surface area contributed by atoms with E-state index in [2.05, 4.69) is 0 Å². The molecular formula is C10H14O2. The second-order valence-electron chi connectivity index (χ2n) is 3.83. The molecule has 0 unspecified atom stereocenters. The molecule has 0 bridgehead atoms. The molecule has 0 radical (unpaired) electrons. The molecular weight excluding hydrogens is 152 g/mol. The van der Waals surface area contributed by atoms with Gasteiger partial charge in [0.25, 0.3) is 0 Å². The first-order valence-electron chi connectivity index (χ1n) is 4.08. The van der Waals surface area contributed by atoms with Crippen LogP contribution < -0.4 is 0 Å². The molecule has 0 fully saturated rings. The summed E-state index contributed by atoms with van der Waals surface area (Å²) in [6, 6.07) is 0. The SMILES string of the molecule is CC(C)(C)OC(=O)C1=CC=CC1. The summed E-state index contributed by atoms with van der Waals surface area (Å²) < 4.78 is 5.17. The second-order valence-corrected chi connectivity index (χ2v) is 3.83. The lowest BCUT2D eigenvalue weighted by Crippen LogP contribution is -2.24. The fourth-order valence-electron chi connectivity index (χ4n) is 0.942. The van der Waals surface area contributed by atoms with Gasteiger partial charge in [0.05, 0.1) is 0 Å². The van der Waals surface area contributed by atoms with Crippen LogP contribution in [0.4, 0.5) is 0 Å². The molecule has 0 atom stereocenters. The zero-order valence-electron chi connectivity index (χ0n) is 7.76. The second kappa shape index (κ2) is 3.13. The molecule has 0 saturated heterocycles. The van der Waals surface area contributed by atoms with Gasteiger partial charge in [-0.2, -0.15) is 0 Å². The van der Waals surface area contributed by atoms with E-state index in [0.29, 0.717) is 6.42 Å². The first kappa shape index (κ1) is 9.04. The monoisotopic (exact) mass is 166 g/mol. The summed E-state index contributed by atoms with van der Waals surface area (Å²) in [7, 11) is 0. The van der Waals surface area contributed by atoms with Crippen molar-refractivity contribution in [3.8, 4) is 0 Å². The zero-order chi connectivity index (χ0) is 9.19. The van der Waals surface area contributed by atoms with Crippen molar-refractivity contribution >= 4 is 5.97 Å². The van der Waals surface area contributed by atoms with Crippen molar-refractivity contribution < 1.29 is 9.53 Å². The number of allylic oxidation sites excluding steroid dienone is 3. The highest BCUT2D eigenvalue weighted by Gasteiger charge is 2.19. The normalized spacial score (nSPS) is 16.1. The van der Waals surface area contributed by atoms with Gasteiger partial charge in [0.2, 0.25) is 0 Å². The number of hydrogen-bond acceptors (Lipinski definition) is 2. The van der Waals surface area contributed by atoms with Crippen LogP contribution in [-0.2, 0) is 9.53 Å². The lowest BCUT2D eigenvalue weighted by molar-refractivity contribution is -0.149. The van der Waals surface area contributed by atoms with Crippen LogP contribution in [0.15, 0.2) is 23.8 Å². The molecule has 1 rings (SSSR count). The zero-order valence-corrected chi connectivity index (χ0v) is 7.76. The Bertz CT molecular complexity index is 241. The Morgan fingerprint density at radius 3 is 2.58 bits per heavy atom. The number of esters is 1. The molecule has 0 heterocycles. The highest BCUT2D eigenvalue weighted by Crippen LogP contribution is 2.16. The maximum absolute atomic E-state index is 11.3. The minimum Gasteiger partial charge on any atom is -0.457 e. The lowest BCUT2D eigenvalue weighted by atomic mass is 10.2. The van der Waals surface area contributed by atoms with Crippen molar-refractivity contribution in [2.75, 3.05) is 0 Å². The third kappa shape index (κ3) is 2.53. The van der Waals surface area contributed by atoms with Crippen LogP contribution in [-0.4, -0.2) is 11.6 Å². The van der Waals surface area contributed by atoms with Gasteiger partial charge in [-0.05, 0) is 27.2 Å². The Morgan fingerprint density at radius 2 is 2.17 bits per heavy atom. The molecule has 66 valence electrons. The van der Waals surface area contributed by atoms with E-state index in [1.165, 1.54) is 0 Å². The van der Waals surface area contributed by atoms with E-state index in [9.17, 15) is 4.79 Å². The van der Waals surface area contributed by atoms with Gasteiger partial charge >= 0.3 is 5.97 Å². The van der Waals surface area contributed by atoms with Crippen LogP contribution in [0.3, 0.4) is 0 Å². The molecule has 0 N–H and O–H groups in total. The fourth-order valence-corrected chi connectivity index (χ4v) is 0.942. The molecule has 0 aromatic carbocycles. The summed E-state index contributed by atoms with van der Waals surface area (Å²) in [5.74, 6) is -0.201. The van der Waals surface area contributed by atoms with E-state index in [-0.39, 0.29) is 11.6 Å². The Labute approximate surface area is 72.9 Å². The summed E-state index contributed by atoms with van der Waals surface area (Å²) in [5, 5.41) is 0. The summed E-state index contributed by atoms with van der Waals surface area (Å²) in [6.07, 6.45) is 6.32. The van der Waals surface area contributed by atoms with Crippen molar-refractivity contribution in [3.63, 3.8) is 0 Å². The van der Waals surface area contributed by atoms with Crippen molar-refractivity contribution in [3.05, 3.63) is 23.8 Å². The van der Waals surface area contributed by atoms with Gasteiger partial charge in [-0.3, -0.25) is 0 Å². The fraction of sp³-hybridized carbons (Fsp3) is 0.500. The van der Waals surface area contributed by atoms with Crippen molar-refractivity contribution in [1.29, 1.82) is 0 Å². The molecule has 12 heavy (non-hydrogen) atoms. The molecule has 0 amide bonds. The first-order chi connectivity index (χ1) is 5.49. The van der Waals surface area contributed by atoms with E-state index in [1.807, 2.05) is 32.9 Å². The van der Waals surface area contributed by atoms with E-state index >= 15 is 0 Å². The van der Waals surface area contributed by atoms with Crippen molar-refractivity contribution in [1.82, 2.24) is 0 Å². The Morgan fingerprint density at radius 1 is 1.50 bits per heavy atom. The summed E-state index contributed by atoms with van der Waals surface area (Å²) in [6.45, 7) is 5.61. The van der Waals surface area contributed by atoms with E-state index in [1.54, 1.807) is 6.08 Å². The van der Waals surface area contributed by atoms with Crippen LogP contribution in [0, 0.1) is 0 Å². The van der Waals surface area contributed by atoms with E-state index in [4.69, 9.17) is 4.74 Å². The lowest BCUT2D eigenvalue weighted by Gasteiger charge is -2.19. The molecule has 1 aliphatic rings. The highest BCUT2D eigenvalue weighted by molar-refractivity contribution is 5.90. The average Bonchev–Trinajstić information content (AvgIpc) is 2.32. The van der Waals surface area contributed by atoms with Crippen LogP contribution in [0.1, 0.15) is 27.2 Å². The van der Waals surface area contributed by atoms with Gasteiger partial charge in [0, 0.05) is 5.57 Å². The summed E-state index contributed by atoms with van der Waals surface area (Å²) in [4.78, 5) is 11.3. The Kier molecular flexibility index (Phi) is 2.36. The van der Waals surface area contributed by atoms with Gasteiger partial charge < -0.3 is 4.74 Å². The number of ether oxygens (including phenoxy) is 1. The molecule has 0 spiro atoms. The largest absolute Gasteiger partial charge is 0.457 e. The maximum atomic E-state index is 11.3. The molecule has 0 saturated carbocycles. The third-order valence-electron chi connectivity index (χ3n) is 1.43. The molecule has 2 heteroatoms. The number of rotatable bonds is 1. The Hall–Kier alpha value is -1.05. The van der Waals surface area contributed by atoms with E-state index < -0.39 is 0 Å². The van der Waals surface area contributed by atoms with Crippen LogP contribution in [0.5, 0.6) is 0 Å². The molecule has 2 nitrogen and oxygen atoms in total. The van der Waals surface area contributed by atoms with Gasteiger partial charge in [0.15, 0.2) is 0 Å². The van der Waals surface area contributed by atoms with Gasteiger partial charge in [0.1, 0.15) is 5.60 Å². The topological polar surface area (TPSA) is 26.3 Å². The minimum atomic E-state index is -0.388. The van der Waals surface area contributed by atoms with Gasteiger partial charge in [-0.25, -0.2) is 4.79 Å². The smallest absolute Gasteiger partial charge is 0.334 e. The highest BCUT2D eigenvalue weighted by atomic mass is 16.6. The number of carbonyl (C=O) groups excluding carboxylic acids is 1. The van der Waals surface area contributed by atoms with Crippen LogP contribution >= 0.6 is 0 Å². The van der Waals surface area contributed by atoms with Gasteiger partial charge in [-0.1, -0.05) is 18.2 Å². The standard InChI is InChI=1S/C10H14O2/c1-10(2,3)12-9(11)8-6-4-5-7-8/h4-6H,7H2,1-3H3. The number of carbonyl (C=O) groups is 1. The Balaban J connectivity index is 2.50. The summed E-state index contributed by atoms with van der Waals surface area (Å²) in [5.41, 5.74) is 0.352. The van der Waals surface area contributed by atoms with Gasteiger partial charge in [-0.15, -0.1) is 0 Å². The predicted molar refractivity (Wildman–Crippen MR) is 47.7 cm³/mol. The quantitative estimate of drug-likeness (QED) is 0.558. The maximum Gasteiger partial charge on any atom is 0.334 e. The third-order valence-corrected chi connectivity index (χ3v) is 1.43. The number of hydrogen-bond donors (Lipinski definition) is 0. The summed E-state index contributed by atoms with van der Waals surface area (Å²) >= 11 is 0. The first-order valence-corrected chi connectivity index (χ1v) is 4.08.